The zero-order valence-corrected chi connectivity index (χ0v) is 14.0. The van der Waals surface area contributed by atoms with E-state index in [1.807, 2.05) is 36.4 Å². The van der Waals surface area contributed by atoms with Gasteiger partial charge in [0.2, 0.25) is 0 Å². The lowest BCUT2D eigenvalue weighted by Crippen LogP contribution is -2.13. The normalized spacial score (nSPS) is 10.5. The molecule has 0 fully saturated rings. The van der Waals surface area contributed by atoms with E-state index < -0.39 is 6.16 Å². The largest absolute Gasteiger partial charge is 0.519 e. The Morgan fingerprint density at radius 2 is 1.19 bits per heavy atom. The average molecular weight is 340 g/mol. The molecule has 4 aromatic carbocycles. The van der Waals surface area contributed by atoms with Gasteiger partial charge in [0.05, 0.1) is 0 Å². The highest BCUT2D eigenvalue weighted by Crippen LogP contribution is 2.29. The van der Waals surface area contributed by atoms with Gasteiger partial charge < -0.3 is 9.47 Å². The lowest BCUT2D eigenvalue weighted by molar-refractivity contribution is 0.152. The maximum atomic E-state index is 11.9. The Hall–Kier alpha value is -3.59. The van der Waals surface area contributed by atoms with Crippen LogP contribution in [-0.4, -0.2) is 6.16 Å². The zero-order valence-electron chi connectivity index (χ0n) is 14.0. The van der Waals surface area contributed by atoms with Gasteiger partial charge in [-0.05, 0) is 46.2 Å². The highest BCUT2D eigenvalue weighted by atomic mass is 16.7. The van der Waals surface area contributed by atoms with Crippen LogP contribution in [0.15, 0.2) is 97.1 Å². The first-order chi connectivity index (χ1) is 12.8. The third-order valence-electron chi connectivity index (χ3n) is 4.10. The van der Waals surface area contributed by atoms with Gasteiger partial charge >= 0.3 is 6.16 Å². The van der Waals surface area contributed by atoms with Gasteiger partial charge in [0, 0.05) is 0 Å². The Kier molecular flexibility index (Phi) is 4.35. The predicted molar refractivity (Wildman–Crippen MR) is 102 cm³/mol. The Morgan fingerprint density at radius 1 is 0.577 bits per heavy atom. The maximum absolute atomic E-state index is 11.9. The van der Waals surface area contributed by atoms with Crippen LogP contribution >= 0.6 is 0 Å². The molecule has 0 aromatic heterocycles. The van der Waals surface area contributed by atoms with Crippen molar-refractivity contribution >= 4 is 16.9 Å². The minimum Gasteiger partial charge on any atom is -0.395 e. The van der Waals surface area contributed by atoms with Crippen LogP contribution in [0.1, 0.15) is 0 Å². The molecule has 0 N–H and O–H groups in total. The molecule has 3 nitrogen and oxygen atoms in total. The number of rotatable bonds is 3. The van der Waals surface area contributed by atoms with Gasteiger partial charge in [-0.3, -0.25) is 0 Å². The van der Waals surface area contributed by atoms with Crippen molar-refractivity contribution in [3.63, 3.8) is 0 Å². The smallest absolute Gasteiger partial charge is 0.395 e. The summed E-state index contributed by atoms with van der Waals surface area (Å²) in [4.78, 5) is 11.9. The summed E-state index contributed by atoms with van der Waals surface area (Å²) in [6.07, 6.45) is -0.755. The van der Waals surface area contributed by atoms with E-state index >= 15 is 0 Å². The molecule has 0 aliphatic carbocycles. The third-order valence-corrected chi connectivity index (χ3v) is 4.10. The number of ether oxygens (including phenoxy) is 2. The molecule has 0 unspecified atom stereocenters. The molecule has 0 bridgehead atoms. The topological polar surface area (TPSA) is 35.5 Å². The van der Waals surface area contributed by atoms with E-state index in [0.29, 0.717) is 11.5 Å². The number of hydrogen-bond acceptors (Lipinski definition) is 3. The van der Waals surface area contributed by atoms with Crippen molar-refractivity contribution in [2.45, 2.75) is 0 Å². The third kappa shape index (κ3) is 3.42. The van der Waals surface area contributed by atoms with Crippen molar-refractivity contribution in [2.24, 2.45) is 0 Å². The summed E-state index contributed by atoms with van der Waals surface area (Å²) in [5, 5.41) is 2.38. The SMILES string of the molecule is O=C(Oc1ccccc1)Oc1ccc(-c2cccc3ccccc23)cc1. The Bertz CT molecular complexity index is 1030. The highest BCUT2D eigenvalue weighted by molar-refractivity contribution is 5.96. The lowest BCUT2D eigenvalue weighted by Gasteiger charge is -2.09. The fourth-order valence-electron chi connectivity index (χ4n) is 2.88. The van der Waals surface area contributed by atoms with Crippen LogP contribution in [0, 0.1) is 0 Å². The molecule has 0 radical (unpaired) electrons. The van der Waals surface area contributed by atoms with E-state index in [-0.39, 0.29) is 0 Å². The molecule has 0 aliphatic heterocycles. The number of benzene rings is 4. The van der Waals surface area contributed by atoms with Crippen molar-refractivity contribution in [1.82, 2.24) is 0 Å². The van der Waals surface area contributed by atoms with Gasteiger partial charge in [-0.15, -0.1) is 0 Å². The van der Waals surface area contributed by atoms with Crippen LogP contribution in [0.4, 0.5) is 4.79 Å². The minimum absolute atomic E-state index is 0.440. The summed E-state index contributed by atoms with van der Waals surface area (Å²) in [7, 11) is 0. The van der Waals surface area contributed by atoms with Crippen molar-refractivity contribution in [1.29, 1.82) is 0 Å². The van der Waals surface area contributed by atoms with Gasteiger partial charge in [0.1, 0.15) is 11.5 Å². The molecule has 0 saturated carbocycles. The van der Waals surface area contributed by atoms with Gasteiger partial charge in [-0.2, -0.15) is 0 Å². The molecular weight excluding hydrogens is 324 g/mol. The molecule has 0 spiro atoms. The Morgan fingerprint density at radius 3 is 1.96 bits per heavy atom. The Labute approximate surface area is 151 Å². The molecule has 4 aromatic rings. The van der Waals surface area contributed by atoms with Crippen LogP contribution in [0.25, 0.3) is 21.9 Å². The van der Waals surface area contributed by atoms with Crippen molar-refractivity contribution < 1.29 is 14.3 Å². The lowest BCUT2D eigenvalue weighted by atomic mass is 9.98. The number of para-hydroxylation sites is 1. The molecular formula is C23H16O3. The van der Waals surface area contributed by atoms with Crippen molar-refractivity contribution in [2.75, 3.05) is 0 Å². The second-order valence-corrected chi connectivity index (χ2v) is 5.82. The standard InChI is InChI=1S/C23H16O3/c24-23(25-19-9-2-1-3-10-19)26-20-15-13-18(14-16-20)22-12-6-8-17-7-4-5-11-21(17)22/h1-16H. The summed E-state index contributed by atoms with van der Waals surface area (Å²) in [6, 6.07) is 30.7. The van der Waals surface area contributed by atoms with Crippen LogP contribution in [0.2, 0.25) is 0 Å². The van der Waals surface area contributed by atoms with Crippen molar-refractivity contribution in [3.05, 3.63) is 97.1 Å². The summed E-state index contributed by atoms with van der Waals surface area (Å²) in [5.74, 6) is 0.889. The molecule has 0 amide bonds. The predicted octanol–water partition coefficient (Wildman–Crippen LogP) is 6.08. The summed E-state index contributed by atoms with van der Waals surface area (Å²) < 4.78 is 10.4. The van der Waals surface area contributed by atoms with Crippen LogP contribution in [0.5, 0.6) is 11.5 Å². The highest BCUT2D eigenvalue weighted by Gasteiger charge is 2.08. The van der Waals surface area contributed by atoms with Crippen LogP contribution in [-0.2, 0) is 0 Å². The monoisotopic (exact) mass is 340 g/mol. The summed E-state index contributed by atoms with van der Waals surface area (Å²) >= 11 is 0. The quantitative estimate of drug-likeness (QED) is 0.335. The van der Waals surface area contributed by atoms with E-state index in [4.69, 9.17) is 9.47 Å². The fourth-order valence-corrected chi connectivity index (χ4v) is 2.88. The number of carbonyl (C=O) groups is 1. The van der Waals surface area contributed by atoms with Crippen LogP contribution < -0.4 is 9.47 Å². The number of fused-ring (bicyclic) bond motifs is 1. The molecule has 0 heterocycles. The molecule has 0 saturated heterocycles. The maximum Gasteiger partial charge on any atom is 0.519 e. The first-order valence-corrected chi connectivity index (χ1v) is 8.32. The second kappa shape index (κ2) is 7.11. The molecule has 0 aliphatic rings. The van der Waals surface area contributed by atoms with E-state index in [1.54, 1.807) is 36.4 Å². The van der Waals surface area contributed by atoms with E-state index in [0.717, 1.165) is 11.1 Å². The number of carbonyl (C=O) groups excluding carboxylic acids is 1. The molecule has 4 rings (SSSR count). The van der Waals surface area contributed by atoms with Gasteiger partial charge in [-0.1, -0.05) is 72.8 Å². The first-order valence-electron chi connectivity index (χ1n) is 8.32. The van der Waals surface area contributed by atoms with Gasteiger partial charge in [0.25, 0.3) is 0 Å². The van der Waals surface area contributed by atoms with E-state index in [9.17, 15) is 4.79 Å². The first kappa shape index (κ1) is 15.9. The van der Waals surface area contributed by atoms with Gasteiger partial charge in [-0.25, -0.2) is 4.79 Å². The zero-order chi connectivity index (χ0) is 17.8. The van der Waals surface area contributed by atoms with Crippen molar-refractivity contribution in [3.8, 4) is 22.6 Å². The Balaban J connectivity index is 1.52. The molecule has 0 atom stereocenters. The van der Waals surface area contributed by atoms with E-state index in [2.05, 4.69) is 24.3 Å². The molecule has 3 heteroatoms. The summed E-state index contributed by atoms with van der Waals surface area (Å²) in [5.41, 5.74) is 2.20. The fraction of sp³-hybridized carbons (Fsp3) is 0. The number of hydrogen-bond donors (Lipinski definition) is 0. The van der Waals surface area contributed by atoms with E-state index in [1.165, 1.54) is 10.8 Å². The second-order valence-electron chi connectivity index (χ2n) is 5.82. The van der Waals surface area contributed by atoms with Crippen LogP contribution in [0.3, 0.4) is 0 Å². The van der Waals surface area contributed by atoms with Gasteiger partial charge in [0.15, 0.2) is 0 Å². The minimum atomic E-state index is -0.755. The molecule has 126 valence electrons. The summed E-state index contributed by atoms with van der Waals surface area (Å²) in [6.45, 7) is 0. The molecule has 26 heavy (non-hydrogen) atoms. The average Bonchev–Trinajstić information content (AvgIpc) is 2.69.